The Kier molecular flexibility index (Phi) is 4.04. The summed E-state index contributed by atoms with van der Waals surface area (Å²) >= 11 is 0. The Labute approximate surface area is 103 Å². The zero-order valence-electron chi connectivity index (χ0n) is 9.26. The molecule has 0 atom stereocenters. The molecule has 0 aliphatic heterocycles. The van der Waals surface area contributed by atoms with Gasteiger partial charge in [-0.1, -0.05) is 0 Å². The molecule has 0 spiro atoms. The minimum absolute atomic E-state index is 0.138. The Bertz CT molecular complexity index is 548. The molecule has 0 N–H and O–H groups in total. The molecule has 1 rings (SSSR count). The molecule has 0 amide bonds. The first kappa shape index (κ1) is 14.8. The van der Waals surface area contributed by atoms with Gasteiger partial charge in [0.1, 0.15) is 11.8 Å². The molecule has 0 aliphatic carbocycles. The summed E-state index contributed by atoms with van der Waals surface area (Å²) < 4.78 is 67.1. The predicted molar refractivity (Wildman–Crippen MR) is 50.3 cm³/mol. The number of pyridine rings is 1. The van der Waals surface area contributed by atoms with Crippen LogP contribution in [-0.4, -0.2) is 18.1 Å². The first-order chi connectivity index (χ1) is 8.72. The standard InChI is InChI=1S/C10H5F5N2O2/c1-19-9(18)4-2-5(10(13,14)15)6(3-16)17-7(4)8(11)12/h2,8H,1H3. The van der Waals surface area contributed by atoms with Gasteiger partial charge in [-0.25, -0.2) is 18.6 Å². The van der Waals surface area contributed by atoms with E-state index in [2.05, 4.69) is 9.72 Å². The molecule has 0 aliphatic rings. The summed E-state index contributed by atoms with van der Waals surface area (Å²) in [7, 11) is 0.822. The third-order valence-corrected chi connectivity index (χ3v) is 2.08. The van der Waals surface area contributed by atoms with Crippen molar-refractivity contribution >= 4 is 5.97 Å². The number of nitrogens with zero attached hydrogens (tertiary/aromatic N) is 2. The normalized spacial score (nSPS) is 11.3. The number of ether oxygens (including phenoxy) is 1. The highest BCUT2D eigenvalue weighted by Crippen LogP contribution is 2.34. The smallest absolute Gasteiger partial charge is 0.419 e. The van der Waals surface area contributed by atoms with Crippen LogP contribution in [0.1, 0.15) is 33.7 Å². The van der Waals surface area contributed by atoms with Crippen molar-refractivity contribution in [3.63, 3.8) is 0 Å². The second kappa shape index (κ2) is 5.17. The fourth-order valence-corrected chi connectivity index (χ4v) is 1.27. The third kappa shape index (κ3) is 2.96. The highest BCUT2D eigenvalue weighted by molar-refractivity contribution is 5.91. The van der Waals surface area contributed by atoms with E-state index >= 15 is 0 Å². The van der Waals surface area contributed by atoms with Gasteiger partial charge in [-0.3, -0.25) is 0 Å². The summed E-state index contributed by atoms with van der Waals surface area (Å²) in [5.74, 6) is -1.39. The number of carbonyl (C=O) groups excluding carboxylic acids is 1. The van der Waals surface area contributed by atoms with Gasteiger partial charge in [0.2, 0.25) is 0 Å². The van der Waals surface area contributed by atoms with Crippen LogP contribution in [-0.2, 0) is 10.9 Å². The van der Waals surface area contributed by atoms with E-state index in [1.807, 2.05) is 0 Å². The number of hydrogen-bond acceptors (Lipinski definition) is 4. The molecule has 0 saturated heterocycles. The van der Waals surface area contributed by atoms with Gasteiger partial charge in [-0.15, -0.1) is 0 Å². The van der Waals surface area contributed by atoms with Crippen LogP contribution >= 0.6 is 0 Å². The van der Waals surface area contributed by atoms with Gasteiger partial charge in [-0.05, 0) is 6.07 Å². The number of carbonyl (C=O) groups is 1. The van der Waals surface area contributed by atoms with Crippen molar-refractivity contribution in [1.29, 1.82) is 5.26 Å². The molecular formula is C10H5F5N2O2. The quantitative estimate of drug-likeness (QED) is 0.617. The number of aromatic nitrogens is 1. The molecule has 4 nitrogen and oxygen atoms in total. The lowest BCUT2D eigenvalue weighted by molar-refractivity contribution is -0.138. The molecule has 0 bridgehead atoms. The maximum atomic E-state index is 12.6. The van der Waals surface area contributed by atoms with Crippen LogP contribution in [0.3, 0.4) is 0 Å². The van der Waals surface area contributed by atoms with Crippen LogP contribution in [0.25, 0.3) is 0 Å². The summed E-state index contributed by atoms with van der Waals surface area (Å²) in [4.78, 5) is 14.1. The Morgan fingerprint density at radius 1 is 1.47 bits per heavy atom. The predicted octanol–water partition coefficient (Wildman–Crippen LogP) is 2.70. The second-order valence-electron chi connectivity index (χ2n) is 3.22. The molecule has 0 unspecified atom stereocenters. The zero-order chi connectivity index (χ0) is 14.8. The second-order valence-corrected chi connectivity index (χ2v) is 3.22. The topological polar surface area (TPSA) is 63.0 Å². The highest BCUT2D eigenvalue weighted by atomic mass is 19.4. The van der Waals surface area contributed by atoms with Crippen molar-refractivity contribution in [3.05, 3.63) is 28.6 Å². The molecule has 19 heavy (non-hydrogen) atoms. The van der Waals surface area contributed by atoms with E-state index in [1.165, 1.54) is 0 Å². The summed E-state index contributed by atoms with van der Waals surface area (Å²) in [6.45, 7) is 0. The van der Waals surface area contributed by atoms with Crippen LogP contribution in [0.4, 0.5) is 22.0 Å². The first-order valence-electron chi connectivity index (χ1n) is 4.61. The fourth-order valence-electron chi connectivity index (χ4n) is 1.27. The van der Waals surface area contributed by atoms with E-state index in [-0.39, 0.29) is 6.07 Å². The molecule has 102 valence electrons. The number of hydrogen-bond donors (Lipinski definition) is 0. The molecule has 9 heteroatoms. The van der Waals surface area contributed by atoms with Gasteiger partial charge >= 0.3 is 12.1 Å². The third-order valence-electron chi connectivity index (χ3n) is 2.08. The fraction of sp³-hybridized carbons (Fsp3) is 0.300. The van der Waals surface area contributed by atoms with Crippen molar-refractivity contribution in [3.8, 4) is 6.07 Å². The van der Waals surface area contributed by atoms with Gasteiger partial charge in [-0.2, -0.15) is 18.4 Å². The van der Waals surface area contributed by atoms with Crippen molar-refractivity contribution in [2.24, 2.45) is 0 Å². The summed E-state index contributed by atoms with van der Waals surface area (Å²) in [5, 5.41) is 8.50. The van der Waals surface area contributed by atoms with E-state index in [0.717, 1.165) is 13.2 Å². The molecular weight excluding hydrogens is 275 g/mol. The number of alkyl halides is 5. The van der Waals surface area contributed by atoms with E-state index in [1.54, 1.807) is 0 Å². The maximum Gasteiger partial charge on any atom is 0.419 e. The molecule has 0 radical (unpaired) electrons. The van der Waals surface area contributed by atoms with Crippen LogP contribution in [0.2, 0.25) is 0 Å². The number of halogens is 5. The lowest BCUT2D eigenvalue weighted by Gasteiger charge is -2.12. The van der Waals surface area contributed by atoms with Crippen molar-refractivity contribution in [1.82, 2.24) is 4.98 Å². The number of methoxy groups -OCH3 is 1. The Morgan fingerprint density at radius 2 is 2.05 bits per heavy atom. The lowest BCUT2D eigenvalue weighted by Crippen LogP contribution is -2.16. The Balaban J connectivity index is 3.63. The minimum Gasteiger partial charge on any atom is -0.465 e. The van der Waals surface area contributed by atoms with Gasteiger partial charge in [0, 0.05) is 0 Å². The molecule has 1 aromatic heterocycles. The van der Waals surface area contributed by atoms with Crippen LogP contribution in [0, 0.1) is 11.3 Å². The monoisotopic (exact) mass is 280 g/mol. The van der Waals surface area contributed by atoms with Crippen molar-refractivity contribution in [2.45, 2.75) is 12.6 Å². The van der Waals surface area contributed by atoms with E-state index < -0.39 is 41.1 Å². The van der Waals surface area contributed by atoms with E-state index in [9.17, 15) is 26.7 Å². The SMILES string of the molecule is COC(=O)c1cc(C(F)(F)F)c(C#N)nc1C(F)F. The number of nitriles is 1. The minimum atomic E-state index is -5.00. The van der Waals surface area contributed by atoms with E-state index in [0.29, 0.717) is 0 Å². The van der Waals surface area contributed by atoms with Crippen LogP contribution in [0.5, 0.6) is 0 Å². The molecule has 1 aromatic rings. The van der Waals surface area contributed by atoms with Crippen LogP contribution in [0.15, 0.2) is 6.07 Å². The van der Waals surface area contributed by atoms with Crippen LogP contribution < -0.4 is 0 Å². The number of rotatable bonds is 2. The molecule has 0 fully saturated rings. The van der Waals surface area contributed by atoms with Gasteiger partial charge in [0.05, 0.1) is 18.2 Å². The zero-order valence-corrected chi connectivity index (χ0v) is 9.26. The summed E-state index contributed by atoms with van der Waals surface area (Å²) in [6.07, 6.45) is -8.31. The van der Waals surface area contributed by atoms with Crippen molar-refractivity contribution in [2.75, 3.05) is 7.11 Å². The van der Waals surface area contributed by atoms with Gasteiger partial charge in [0.25, 0.3) is 6.43 Å². The van der Waals surface area contributed by atoms with Gasteiger partial charge < -0.3 is 4.74 Å². The first-order valence-corrected chi connectivity index (χ1v) is 4.61. The molecule has 0 aromatic carbocycles. The Hall–Kier alpha value is -2.24. The largest absolute Gasteiger partial charge is 0.465 e. The summed E-state index contributed by atoms with van der Waals surface area (Å²) in [5.41, 5.74) is -5.05. The Morgan fingerprint density at radius 3 is 2.42 bits per heavy atom. The average molecular weight is 280 g/mol. The maximum absolute atomic E-state index is 12.6. The lowest BCUT2D eigenvalue weighted by atomic mass is 10.1. The molecule has 0 saturated carbocycles. The number of esters is 1. The van der Waals surface area contributed by atoms with Gasteiger partial charge in [0.15, 0.2) is 5.69 Å². The summed E-state index contributed by atoms with van der Waals surface area (Å²) in [6, 6.07) is 1.20. The average Bonchev–Trinajstić information content (AvgIpc) is 2.34. The molecule has 1 heterocycles. The van der Waals surface area contributed by atoms with Crippen molar-refractivity contribution < 1.29 is 31.5 Å². The van der Waals surface area contributed by atoms with E-state index in [4.69, 9.17) is 5.26 Å². The highest BCUT2D eigenvalue weighted by Gasteiger charge is 2.37.